The van der Waals surface area contributed by atoms with Gasteiger partial charge in [-0.15, -0.1) is 10.2 Å². The smallest absolute Gasteiger partial charge is 0.259 e. The lowest BCUT2D eigenvalue weighted by Crippen LogP contribution is -2.32. The van der Waals surface area contributed by atoms with Crippen LogP contribution >= 0.6 is 0 Å². The zero-order valence-corrected chi connectivity index (χ0v) is 16.8. The summed E-state index contributed by atoms with van der Waals surface area (Å²) in [5.74, 6) is 0.942. The van der Waals surface area contributed by atoms with Crippen LogP contribution < -0.4 is 5.32 Å². The molecule has 0 saturated heterocycles. The van der Waals surface area contributed by atoms with Crippen LogP contribution in [0.3, 0.4) is 0 Å². The molecule has 7 nitrogen and oxygen atoms in total. The van der Waals surface area contributed by atoms with Gasteiger partial charge in [-0.3, -0.25) is 9.20 Å². The Hall–Kier alpha value is -2.70. The number of hydrogen-bond donors (Lipinski definition) is 1. The quantitative estimate of drug-likeness (QED) is 0.688. The Kier molecular flexibility index (Phi) is 5.58. The molecule has 1 N–H and O–H groups in total. The van der Waals surface area contributed by atoms with E-state index in [9.17, 15) is 4.79 Å². The summed E-state index contributed by atoms with van der Waals surface area (Å²) in [4.78, 5) is 19.8. The van der Waals surface area contributed by atoms with Crippen LogP contribution in [0.25, 0.3) is 16.7 Å². The highest BCUT2D eigenvalue weighted by molar-refractivity contribution is 6.11. The molecule has 27 heavy (non-hydrogen) atoms. The Morgan fingerprint density at radius 2 is 1.93 bits per heavy atom. The molecule has 0 atom stereocenters. The van der Waals surface area contributed by atoms with E-state index < -0.39 is 0 Å². The van der Waals surface area contributed by atoms with E-state index in [1.807, 2.05) is 35.3 Å². The first kappa shape index (κ1) is 19.1. The Morgan fingerprint density at radius 1 is 1.19 bits per heavy atom. The predicted molar refractivity (Wildman–Crippen MR) is 108 cm³/mol. The number of nitrogens with zero attached hydrogens (tertiary/aromatic N) is 5. The highest BCUT2D eigenvalue weighted by atomic mass is 16.2. The number of carbonyl (C=O) groups is 1. The fourth-order valence-corrected chi connectivity index (χ4v) is 3.36. The van der Waals surface area contributed by atoms with Crippen molar-refractivity contribution in [2.75, 3.05) is 25.0 Å². The maximum atomic E-state index is 13.4. The summed E-state index contributed by atoms with van der Waals surface area (Å²) in [6.45, 7) is 12.3. The van der Waals surface area contributed by atoms with Crippen molar-refractivity contribution in [1.29, 1.82) is 0 Å². The molecule has 0 aliphatic carbocycles. The minimum absolute atomic E-state index is 0.0305. The van der Waals surface area contributed by atoms with Crippen LogP contribution in [0.4, 0.5) is 5.69 Å². The first-order valence-electron chi connectivity index (χ1n) is 9.73. The maximum Gasteiger partial charge on any atom is 0.259 e. The molecule has 0 spiro atoms. The predicted octanol–water partition coefficient (Wildman–Crippen LogP) is 3.70. The van der Waals surface area contributed by atoms with Gasteiger partial charge in [0.25, 0.3) is 5.91 Å². The highest BCUT2D eigenvalue weighted by Gasteiger charge is 2.27. The lowest BCUT2D eigenvalue weighted by Gasteiger charge is -2.22. The minimum Gasteiger partial charge on any atom is -0.384 e. The van der Waals surface area contributed by atoms with E-state index in [-0.39, 0.29) is 11.8 Å². The van der Waals surface area contributed by atoms with Crippen molar-refractivity contribution >= 4 is 28.3 Å². The van der Waals surface area contributed by atoms with Crippen LogP contribution in [-0.2, 0) is 0 Å². The van der Waals surface area contributed by atoms with Crippen molar-refractivity contribution in [3.63, 3.8) is 0 Å². The Labute approximate surface area is 159 Å². The first-order chi connectivity index (χ1) is 13.0. The first-order valence-corrected chi connectivity index (χ1v) is 9.73. The van der Waals surface area contributed by atoms with Gasteiger partial charge in [-0.05, 0) is 32.4 Å². The van der Waals surface area contributed by atoms with Crippen LogP contribution in [0.5, 0.6) is 0 Å². The van der Waals surface area contributed by atoms with Gasteiger partial charge in [-0.25, -0.2) is 4.98 Å². The zero-order valence-electron chi connectivity index (χ0n) is 16.8. The van der Waals surface area contributed by atoms with Crippen molar-refractivity contribution < 1.29 is 4.79 Å². The van der Waals surface area contributed by atoms with E-state index in [4.69, 9.17) is 0 Å². The summed E-state index contributed by atoms with van der Waals surface area (Å²) in [7, 11) is 0. The minimum atomic E-state index is -0.0305. The number of hydrogen-bond acceptors (Lipinski definition) is 5. The monoisotopic (exact) mass is 368 g/mol. The molecule has 1 amide bonds. The van der Waals surface area contributed by atoms with Crippen LogP contribution in [0, 0.1) is 0 Å². The third kappa shape index (κ3) is 3.22. The van der Waals surface area contributed by atoms with Gasteiger partial charge in [-0.1, -0.05) is 20.8 Å². The summed E-state index contributed by atoms with van der Waals surface area (Å²) < 4.78 is 1.94. The molecule has 0 unspecified atom stereocenters. The second-order valence-corrected chi connectivity index (χ2v) is 6.90. The summed E-state index contributed by atoms with van der Waals surface area (Å²) >= 11 is 0. The molecule has 0 aliphatic heterocycles. The number of anilines is 1. The number of carbonyl (C=O) groups excluding carboxylic acids is 1. The lowest BCUT2D eigenvalue weighted by molar-refractivity contribution is 0.0775. The molecule has 144 valence electrons. The summed E-state index contributed by atoms with van der Waals surface area (Å²) in [5, 5.41) is 13.2. The van der Waals surface area contributed by atoms with E-state index in [0.717, 1.165) is 35.5 Å². The van der Waals surface area contributed by atoms with Crippen molar-refractivity contribution in [1.82, 2.24) is 24.5 Å². The Morgan fingerprint density at radius 3 is 2.56 bits per heavy atom. The van der Waals surface area contributed by atoms with Gasteiger partial charge in [-0.2, -0.15) is 0 Å². The average Bonchev–Trinajstić information content (AvgIpc) is 3.12. The molecular formula is C20H28N6O. The molecule has 0 aliphatic rings. The summed E-state index contributed by atoms with van der Waals surface area (Å²) in [5.41, 5.74) is 2.72. The maximum absolute atomic E-state index is 13.4. The number of fused-ring (bicyclic) bond motifs is 3. The van der Waals surface area contributed by atoms with E-state index in [2.05, 4.69) is 41.3 Å². The molecule has 0 fully saturated rings. The highest BCUT2D eigenvalue weighted by Crippen LogP contribution is 2.32. The molecule has 3 aromatic rings. The van der Waals surface area contributed by atoms with Crippen molar-refractivity contribution in [2.45, 2.75) is 47.0 Å². The zero-order chi connectivity index (χ0) is 19.6. The number of amides is 1. The summed E-state index contributed by atoms with van der Waals surface area (Å²) in [6, 6.07) is 3.90. The van der Waals surface area contributed by atoms with Crippen LogP contribution in [-0.4, -0.2) is 50.0 Å². The molecule has 0 aromatic carbocycles. The van der Waals surface area contributed by atoms with E-state index >= 15 is 0 Å². The molecule has 0 bridgehead atoms. The second-order valence-electron chi connectivity index (χ2n) is 6.90. The van der Waals surface area contributed by atoms with Gasteiger partial charge in [0.15, 0.2) is 5.65 Å². The van der Waals surface area contributed by atoms with E-state index in [0.29, 0.717) is 24.3 Å². The molecule has 3 aromatic heterocycles. The number of rotatable bonds is 7. The van der Waals surface area contributed by atoms with Crippen LogP contribution in [0.2, 0.25) is 0 Å². The number of aromatic nitrogens is 4. The SMILES string of the molecule is CCCNc1c(C(=O)N(CC)CC)c2nnc(C(C)C)n2c2ncccc12. The Balaban J connectivity index is 2.43. The van der Waals surface area contributed by atoms with Gasteiger partial charge >= 0.3 is 0 Å². The van der Waals surface area contributed by atoms with Crippen LogP contribution in [0.1, 0.15) is 63.1 Å². The normalized spacial score (nSPS) is 11.5. The fraction of sp³-hybridized carbons (Fsp3) is 0.500. The Bertz CT molecular complexity index is 958. The van der Waals surface area contributed by atoms with E-state index in [1.165, 1.54) is 0 Å². The topological polar surface area (TPSA) is 75.4 Å². The van der Waals surface area contributed by atoms with Gasteiger partial charge in [0, 0.05) is 37.1 Å². The van der Waals surface area contributed by atoms with Crippen molar-refractivity contribution in [2.24, 2.45) is 0 Å². The molecule has 3 heterocycles. The standard InChI is InChI=1S/C20H28N6O/c1-6-11-21-16-14-10-9-12-22-18(14)26-17(13(4)5)23-24-19(26)15(16)20(27)25(7-2)8-3/h9-10,12-13,21H,6-8,11H2,1-5H3. The van der Waals surface area contributed by atoms with Gasteiger partial charge in [0.2, 0.25) is 0 Å². The molecule has 0 saturated carbocycles. The van der Waals surface area contributed by atoms with Gasteiger partial charge in [0.05, 0.1) is 5.69 Å². The van der Waals surface area contributed by atoms with E-state index in [1.54, 1.807) is 6.20 Å². The number of nitrogens with one attached hydrogen (secondary N) is 1. The fourth-order valence-electron chi connectivity index (χ4n) is 3.36. The third-order valence-corrected chi connectivity index (χ3v) is 4.76. The van der Waals surface area contributed by atoms with Crippen molar-refractivity contribution in [3.8, 4) is 0 Å². The lowest BCUT2D eigenvalue weighted by atomic mass is 10.1. The largest absolute Gasteiger partial charge is 0.384 e. The van der Waals surface area contributed by atoms with Gasteiger partial charge < -0.3 is 10.2 Å². The third-order valence-electron chi connectivity index (χ3n) is 4.76. The number of pyridine rings is 2. The molecule has 7 heteroatoms. The molecule has 0 radical (unpaired) electrons. The van der Waals surface area contributed by atoms with Gasteiger partial charge in [0.1, 0.15) is 17.0 Å². The summed E-state index contributed by atoms with van der Waals surface area (Å²) in [6.07, 6.45) is 2.72. The molecular weight excluding hydrogens is 340 g/mol. The van der Waals surface area contributed by atoms with Crippen LogP contribution in [0.15, 0.2) is 18.3 Å². The average molecular weight is 368 g/mol. The second kappa shape index (κ2) is 7.90. The van der Waals surface area contributed by atoms with Crippen molar-refractivity contribution in [3.05, 3.63) is 29.7 Å². The molecule has 3 rings (SSSR count).